The molecule has 0 radical (unpaired) electrons. The Kier molecular flexibility index (Phi) is 8.19. The predicted octanol–water partition coefficient (Wildman–Crippen LogP) is 16.0. The SMILES string of the molecule is c1ccc(-c2ccc(N(c3ccccc3)c3ccc4c5ccccc5c5ccc(N(c6ccccc6)c6ccc(-c7ccccc7)cc6)c6ccc3c4c65)cc2)cc1. The molecule has 0 fully saturated rings. The number of anilines is 6. The Labute approximate surface area is 338 Å². The Morgan fingerprint density at radius 1 is 0.190 bits per heavy atom. The van der Waals surface area contributed by atoms with Crippen LogP contribution in [0.3, 0.4) is 0 Å². The highest BCUT2D eigenvalue weighted by molar-refractivity contribution is 6.36. The van der Waals surface area contributed by atoms with Gasteiger partial charge < -0.3 is 9.80 Å². The van der Waals surface area contributed by atoms with Crippen molar-refractivity contribution in [1.82, 2.24) is 0 Å². The molecule has 0 N–H and O–H groups in total. The average Bonchev–Trinajstić information content (AvgIpc) is 3.31. The van der Waals surface area contributed by atoms with Crippen molar-refractivity contribution in [3.05, 3.63) is 231 Å². The van der Waals surface area contributed by atoms with Crippen LogP contribution >= 0.6 is 0 Å². The molecule has 0 saturated carbocycles. The van der Waals surface area contributed by atoms with Crippen LogP contribution in [0.2, 0.25) is 0 Å². The molecule has 0 aliphatic heterocycles. The molecule has 0 heterocycles. The molecule has 0 spiro atoms. The van der Waals surface area contributed by atoms with Crippen molar-refractivity contribution in [1.29, 1.82) is 0 Å². The van der Waals surface area contributed by atoms with Gasteiger partial charge in [-0.3, -0.25) is 0 Å². The monoisotopic (exact) mass is 738 g/mol. The number of fused-ring (bicyclic) bond motifs is 3. The zero-order chi connectivity index (χ0) is 38.4. The van der Waals surface area contributed by atoms with Crippen LogP contribution in [-0.2, 0) is 0 Å². The van der Waals surface area contributed by atoms with Crippen LogP contribution in [0.25, 0.3) is 65.3 Å². The molecule has 11 aromatic carbocycles. The first kappa shape index (κ1) is 33.6. The first-order valence-corrected chi connectivity index (χ1v) is 19.9. The van der Waals surface area contributed by atoms with Gasteiger partial charge in [0.2, 0.25) is 0 Å². The molecule has 2 heteroatoms. The van der Waals surface area contributed by atoms with E-state index in [4.69, 9.17) is 0 Å². The van der Waals surface area contributed by atoms with Gasteiger partial charge in [0.15, 0.2) is 0 Å². The maximum atomic E-state index is 2.41. The normalized spacial score (nSPS) is 11.4. The number of benzene rings is 11. The van der Waals surface area contributed by atoms with Gasteiger partial charge >= 0.3 is 0 Å². The fourth-order valence-corrected chi connectivity index (χ4v) is 8.93. The first-order chi connectivity index (χ1) is 28.8. The smallest absolute Gasteiger partial charge is 0.0540 e. The zero-order valence-corrected chi connectivity index (χ0v) is 31.8. The van der Waals surface area contributed by atoms with Crippen LogP contribution in [0.4, 0.5) is 34.1 Å². The molecule has 0 aliphatic carbocycles. The fraction of sp³-hybridized carbons (Fsp3) is 0. The van der Waals surface area contributed by atoms with E-state index in [0.29, 0.717) is 0 Å². The van der Waals surface area contributed by atoms with E-state index in [9.17, 15) is 0 Å². The molecule has 0 aliphatic rings. The lowest BCUT2D eigenvalue weighted by Crippen LogP contribution is -2.11. The third-order valence-electron chi connectivity index (χ3n) is 11.6. The summed E-state index contributed by atoms with van der Waals surface area (Å²) in [6.07, 6.45) is 0. The van der Waals surface area contributed by atoms with Crippen LogP contribution < -0.4 is 9.80 Å². The second-order valence-corrected chi connectivity index (χ2v) is 14.9. The molecule has 58 heavy (non-hydrogen) atoms. The molecule has 0 unspecified atom stereocenters. The summed E-state index contributed by atoms with van der Waals surface area (Å²) in [5.74, 6) is 0. The number of nitrogens with zero attached hydrogens (tertiary/aromatic N) is 2. The van der Waals surface area contributed by atoms with E-state index in [1.807, 2.05) is 0 Å². The average molecular weight is 739 g/mol. The topological polar surface area (TPSA) is 6.48 Å². The summed E-state index contributed by atoms with van der Waals surface area (Å²) in [5, 5.41) is 10.0. The minimum atomic E-state index is 1.11. The van der Waals surface area contributed by atoms with Gasteiger partial charge in [0, 0.05) is 44.3 Å². The number of hydrogen-bond donors (Lipinski definition) is 0. The lowest BCUT2D eigenvalue weighted by molar-refractivity contribution is 1.30. The molecule has 0 saturated heterocycles. The maximum absolute atomic E-state index is 2.41. The Hall–Kier alpha value is -7.68. The minimum absolute atomic E-state index is 1.11. The predicted molar refractivity (Wildman–Crippen MR) is 248 cm³/mol. The molecule has 11 aromatic rings. The van der Waals surface area contributed by atoms with Gasteiger partial charge in [0.25, 0.3) is 0 Å². The molecule has 0 atom stereocenters. The van der Waals surface area contributed by atoms with Crippen molar-refractivity contribution < 1.29 is 0 Å². The maximum Gasteiger partial charge on any atom is 0.0540 e. The number of rotatable bonds is 8. The Balaban J connectivity index is 1.15. The van der Waals surface area contributed by atoms with E-state index >= 15 is 0 Å². The summed E-state index contributed by atoms with van der Waals surface area (Å²) in [7, 11) is 0. The van der Waals surface area contributed by atoms with Crippen LogP contribution in [-0.4, -0.2) is 0 Å². The standard InChI is InChI=1S/C56H38N2/c1-5-15-39(16-6-1)41-25-29-45(30-26-41)57(43-19-9-3-10-20-43)53-37-35-49-47-23-13-14-24-48(47)50-36-38-54(52-34-33-51(53)55(49)56(50)52)58(44-21-11-4-12-22-44)46-31-27-42(28-32-46)40-17-7-2-8-18-40/h1-38H. The minimum Gasteiger partial charge on any atom is -0.310 e. The highest BCUT2D eigenvalue weighted by atomic mass is 15.1. The third kappa shape index (κ3) is 5.66. The van der Waals surface area contributed by atoms with E-state index in [2.05, 4.69) is 240 Å². The second kappa shape index (κ2) is 14.1. The van der Waals surface area contributed by atoms with Crippen molar-refractivity contribution in [2.75, 3.05) is 9.80 Å². The lowest BCUT2D eigenvalue weighted by atomic mass is 9.87. The fourth-order valence-electron chi connectivity index (χ4n) is 8.93. The molecular weight excluding hydrogens is 701 g/mol. The molecule has 0 bridgehead atoms. The van der Waals surface area contributed by atoms with Gasteiger partial charge in [0.1, 0.15) is 0 Å². The zero-order valence-electron chi connectivity index (χ0n) is 31.8. The summed E-state index contributed by atoms with van der Waals surface area (Å²) >= 11 is 0. The Morgan fingerprint density at radius 3 is 0.862 bits per heavy atom. The van der Waals surface area contributed by atoms with Crippen molar-refractivity contribution in [3.63, 3.8) is 0 Å². The first-order valence-electron chi connectivity index (χ1n) is 19.9. The Bertz CT molecular complexity index is 2960. The van der Waals surface area contributed by atoms with Gasteiger partial charge in [-0.15, -0.1) is 0 Å². The lowest BCUT2D eigenvalue weighted by Gasteiger charge is -2.30. The van der Waals surface area contributed by atoms with Gasteiger partial charge in [-0.1, -0.05) is 170 Å². The van der Waals surface area contributed by atoms with Crippen molar-refractivity contribution in [2.45, 2.75) is 0 Å². The van der Waals surface area contributed by atoms with Crippen LogP contribution in [0.15, 0.2) is 231 Å². The van der Waals surface area contributed by atoms with E-state index < -0.39 is 0 Å². The van der Waals surface area contributed by atoms with E-state index in [-0.39, 0.29) is 0 Å². The molecule has 11 rings (SSSR count). The second-order valence-electron chi connectivity index (χ2n) is 14.9. The summed E-state index contributed by atoms with van der Waals surface area (Å²) in [6.45, 7) is 0. The van der Waals surface area contributed by atoms with Crippen molar-refractivity contribution in [3.8, 4) is 22.3 Å². The highest BCUT2D eigenvalue weighted by Crippen LogP contribution is 2.50. The molecule has 2 nitrogen and oxygen atoms in total. The Morgan fingerprint density at radius 2 is 0.483 bits per heavy atom. The van der Waals surface area contributed by atoms with Gasteiger partial charge in [-0.25, -0.2) is 0 Å². The summed E-state index contributed by atoms with van der Waals surface area (Å²) in [5.41, 5.74) is 11.6. The van der Waals surface area contributed by atoms with Gasteiger partial charge in [-0.05, 0) is 104 Å². The number of para-hydroxylation sites is 2. The number of hydrogen-bond acceptors (Lipinski definition) is 2. The van der Waals surface area contributed by atoms with Crippen LogP contribution in [0.5, 0.6) is 0 Å². The molecule has 0 aromatic heterocycles. The largest absolute Gasteiger partial charge is 0.310 e. The molecular formula is C56H38N2. The van der Waals surface area contributed by atoms with Gasteiger partial charge in [-0.2, -0.15) is 0 Å². The summed E-state index contributed by atoms with van der Waals surface area (Å²) < 4.78 is 0. The molecule has 272 valence electrons. The summed E-state index contributed by atoms with van der Waals surface area (Å²) in [6, 6.07) is 83.6. The highest BCUT2D eigenvalue weighted by Gasteiger charge is 2.23. The van der Waals surface area contributed by atoms with Crippen molar-refractivity contribution >= 4 is 77.2 Å². The van der Waals surface area contributed by atoms with Crippen LogP contribution in [0, 0.1) is 0 Å². The molecule has 0 amide bonds. The summed E-state index contributed by atoms with van der Waals surface area (Å²) in [4.78, 5) is 4.82. The third-order valence-corrected chi connectivity index (χ3v) is 11.6. The quantitative estimate of drug-likeness (QED) is 0.113. The van der Waals surface area contributed by atoms with Crippen LogP contribution in [0.1, 0.15) is 0 Å². The van der Waals surface area contributed by atoms with E-state index in [1.165, 1.54) is 65.3 Å². The van der Waals surface area contributed by atoms with Gasteiger partial charge in [0.05, 0.1) is 11.4 Å². The van der Waals surface area contributed by atoms with E-state index in [0.717, 1.165) is 34.1 Å². The van der Waals surface area contributed by atoms with E-state index in [1.54, 1.807) is 0 Å². The van der Waals surface area contributed by atoms with Crippen molar-refractivity contribution in [2.24, 2.45) is 0 Å².